The van der Waals surface area contributed by atoms with Gasteiger partial charge in [0.05, 0.1) is 19.0 Å². The molecular weight excluding hydrogens is 224 g/mol. The van der Waals surface area contributed by atoms with Crippen molar-refractivity contribution in [1.29, 1.82) is 0 Å². The quantitative estimate of drug-likeness (QED) is 0.713. The predicted octanol–water partition coefficient (Wildman–Crippen LogP) is -1.19. The number of nitrogens with zero attached hydrogens (tertiary/aromatic N) is 4. The van der Waals surface area contributed by atoms with E-state index in [-0.39, 0.29) is 6.54 Å². The fourth-order valence-electron chi connectivity index (χ4n) is 1.82. The summed E-state index contributed by atoms with van der Waals surface area (Å²) >= 11 is 0. The molecule has 7 nitrogen and oxygen atoms in total. The summed E-state index contributed by atoms with van der Waals surface area (Å²) in [4.78, 5) is 28.0. The predicted molar refractivity (Wildman–Crippen MR) is 61.9 cm³/mol. The van der Waals surface area contributed by atoms with Crippen molar-refractivity contribution in [2.75, 3.05) is 0 Å². The SMILES string of the molecule is C[C@H](O)Cn1c(=O)c2c(ncn2C)n(C)c1=O. The summed E-state index contributed by atoms with van der Waals surface area (Å²) in [7, 11) is 3.24. The Bertz CT molecular complexity index is 677. The highest BCUT2D eigenvalue weighted by Gasteiger charge is 2.15. The molecule has 0 saturated carbocycles. The molecule has 2 aromatic heterocycles. The molecule has 0 unspecified atom stereocenters. The minimum absolute atomic E-state index is 0.0212. The van der Waals surface area contributed by atoms with E-state index in [2.05, 4.69) is 4.98 Å². The van der Waals surface area contributed by atoms with Crippen LogP contribution in [0.25, 0.3) is 11.2 Å². The number of aliphatic hydroxyl groups is 1. The lowest BCUT2D eigenvalue weighted by Gasteiger charge is -2.09. The second-order valence-corrected chi connectivity index (χ2v) is 4.13. The fourth-order valence-corrected chi connectivity index (χ4v) is 1.82. The van der Waals surface area contributed by atoms with Gasteiger partial charge in [0.2, 0.25) is 0 Å². The summed E-state index contributed by atoms with van der Waals surface area (Å²) in [5, 5.41) is 9.31. The lowest BCUT2D eigenvalue weighted by molar-refractivity contribution is 0.170. The van der Waals surface area contributed by atoms with Crippen LogP contribution in [-0.2, 0) is 20.6 Å². The molecule has 2 aromatic rings. The molecule has 0 aliphatic heterocycles. The van der Waals surface area contributed by atoms with Gasteiger partial charge < -0.3 is 9.67 Å². The molecule has 2 rings (SSSR count). The number of hydrogen-bond acceptors (Lipinski definition) is 4. The van der Waals surface area contributed by atoms with Crippen molar-refractivity contribution in [3.63, 3.8) is 0 Å². The number of hydrogen-bond donors (Lipinski definition) is 1. The topological polar surface area (TPSA) is 82.1 Å². The Morgan fingerprint density at radius 2 is 2.06 bits per heavy atom. The van der Waals surface area contributed by atoms with E-state index in [9.17, 15) is 14.7 Å². The Labute approximate surface area is 96.6 Å². The molecule has 2 heterocycles. The highest BCUT2D eigenvalue weighted by molar-refractivity contribution is 5.69. The van der Waals surface area contributed by atoms with Crippen LogP contribution in [0.5, 0.6) is 0 Å². The van der Waals surface area contributed by atoms with E-state index in [1.54, 1.807) is 18.7 Å². The Morgan fingerprint density at radius 3 is 2.65 bits per heavy atom. The number of aromatic nitrogens is 4. The summed E-state index contributed by atoms with van der Waals surface area (Å²) < 4.78 is 3.89. The van der Waals surface area contributed by atoms with Crippen molar-refractivity contribution in [2.45, 2.75) is 19.6 Å². The van der Waals surface area contributed by atoms with Gasteiger partial charge in [-0.25, -0.2) is 9.78 Å². The van der Waals surface area contributed by atoms with Crippen LogP contribution in [0.15, 0.2) is 15.9 Å². The highest BCUT2D eigenvalue weighted by Crippen LogP contribution is 2.02. The monoisotopic (exact) mass is 238 g/mol. The molecular formula is C10H14N4O3. The third-order valence-corrected chi connectivity index (χ3v) is 2.65. The molecule has 1 N–H and O–H groups in total. The van der Waals surface area contributed by atoms with E-state index in [1.807, 2.05) is 0 Å². The van der Waals surface area contributed by atoms with Gasteiger partial charge >= 0.3 is 5.69 Å². The lowest BCUT2D eigenvalue weighted by Crippen LogP contribution is -2.41. The first-order valence-corrected chi connectivity index (χ1v) is 5.22. The minimum Gasteiger partial charge on any atom is -0.392 e. The van der Waals surface area contributed by atoms with Crippen LogP contribution in [0, 0.1) is 0 Å². The van der Waals surface area contributed by atoms with E-state index < -0.39 is 17.4 Å². The van der Waals surface area contributed by atoms with E-state index >= 15 is 0 Å². The molecule has 0 aliphatic carbocycles. The van der Waals surface area contributed by atoms with E-state index in [4.69, 9.17) is 0 Å². The molecule has 0 aliphatic rings. The first-order valence-electron chi connectivity index (χ1n) is 5.22. The van der Waals surface area contributed by atoms with Crippen LogP contribution in [0.4, 0.5) is 0 Å². The third kappa shape index (κ3) is 1.68. The molecule has 0 bridgehead atoms. The van der Waals surface area contributed by atoms with Crippen molar-refractivity contribution >= 4 is 11.2 Å². The maximum atomic E-state index is 12.1. The number of fused-ring (bicyclic) bond motifs is 1. The van der Waals surface area contributed by atoms with Crippen molar-refractivity contribution in [3.05, 3.63) is 27.2 Å². The van der Waals surface area contributed by atoms with Gasteiger partial charge in [0.15, 0.2) is 11.2 Å². The van der Waals surface area contributed by atoms with E-state index in [0.717, 1.165) is 4.57 Å². The molecule has 0 amide bonds. The van der Waals surface area contributed by atoms with Gasteiger partial charge in [0.1, 0.15) is 0 Å². The zero-order valence-electron chi connectivity index (χ0n) is 9.91. The highest BCUT2D eigenvalue weighted by atomic mass is 16.3. The maximum absolute atomic E-state index is 12.1. The Hall–Kier alpha value is -1.89. The summed E-state index contributed by atoms with van der Waals surface area (Å²) in [6.45, 7) is 1.51. The van der Waals surface area contributed by atoms with Crippen molar-refractivity contribution in [2.24, 2.45) is 14.1 Å². The normalized spacial score (nSPS) is 13.2. The second-order valence-electron chi connectivity index (χ2n) is 4.13. The van der Waals surface area contributed by atoms with Crippen LogP contribution in [0.3, 0.4) is 0 Å². The average Bonchev–Trinajstić information content (AvgIpc) is 2.63. The lowest BCUT2D eigenvalue weighted by atomic mass is 10.4. The summed E-state index contributed by atoms with van der Waals surface area (Å²) in [6.07, 6.45) is 0.726. The molecule has 92 valence electrons. The van der Waals surface area contributed by atoms with Crippen LogP contribution in [0.2, 0.25) is 0 Å². The van der Waals surface area contributed by atoms with Gasteiger partial charge in [-0.1, -0.05) is 0 Å². The molecule has 0 radical (unpaired) electrons. The van der Waals surface area contributed by atoms with Crippen molar-refractivity contribution in [1.82, 2.24) is 18.7 Å². The minimum atomic E-state index is -0.758. The van der Waals surface area contributed by atoms with Gasteiger partial charge in [-0.3, -0.25) is 13.9 Å². The van der Waals surface area contributed by atoms with Gasteiger partial charge in [0, 0.05) is 14.1 Å². The molecule has 0 fully saturated rings. The molecule has 7 heteroatoms. The van der Waals surface area contributed by atoms with Gasteiger partial charge in [-0.2, -0.15) is 0 Å². The smallest absolute Gasteiger partial charge is 0.332 e. The number of rotatable bonds is 2. The molecule has 0 spiro atoms. The zero-order chi connectivity index (χ0) is 12.7. The molecule has 17 heavy (non-hydrogen) atoms. The Kier molecular flexibility index (Phi) is 2.62. The average molecular weight is 238 g/mol. The van der Waals surface area contributed by atoms with Crippen molar-refractivity contribution < 1.29 is 5.11 Å². The first-order chi connectivity index (χ1) is 7.93. The summed E-state index contributed by atoms with van der Waals surface area (Å²) in [5.41, 5.74) is -0.191. The Morgan fingerprint density at radius 1 is 1.41 bits per heavy atom. The first kappa shape index (κ1) is 11.6. The second kappa shape index (κ2) is 3.85. The van der Waals surface area contributed by atoms with Crippen LogP contribution in [0.1, 0.15) is 6.92 Å². The zero-order valence-corrected chi connectivity index (χ0v) is 9.91. The maximum Gasteiger partial charge on any atom is 0.332 e. The largest absolute Gasteiger partial charge is 0.392 e. The van der Waals surface area contributed by atoms with Crippen LogP contribution in [-0.4, -0.2) is 29.9 Å². The summed E-state index contributed by atoms with van der Waals surface area (Å²) in [5.74, 6) is 0. The van der Waals surface area contributed by atoms with Gasteiger partial charge in [-0.05, 0) is 6.92 Å². The van der Waals surface area contributed by atoms with Crippen LogP contribution >= 0.6 is 0 Å². The number of imidazole rings is 1. The van der Waals surface area contributed by atoms with Crippen molar-refractivity contribution in [3.8, 4) is 0 Å². The summed E-state index contributed by atoms with van der Waals surface area (Å²) in [6, 6.07) is 0. The van der Waals surface area contributed by atoms with E-state index in [1.165, 1.54) is 17.8 Å². The molecule has 0 aromatic carbocycles. The molecule has 0 saturated heterocycles. The van der Waals surface area contributed by atoms with E-state index in [0.29, 0.717) is 11.2 Å². The number of aliphatic hydroxyl groups excluding tert-OH is 1. The van der Waals surface area contributed by atoms with Crippen LogP contribution < -0.4 is 11.2 Å². The third-order valence-electron chi connectivity index (χ3n) is 2.65. The molecule has 1 atom stereocenters. The fraction of sp³-hybridized carbons (Fsp3) is 0.500. The van der Waals surface area contributed by atoms with Gasteiger partial charge in [-0.15, -0.1) is 0 Å². The number of aryl methyl sites for hydroxylation is 2. The Balaban J connectivity index is 2.90. The van der Waals surface area contributed by atoms with Gasteiger partial charge in [0.25, 0.3) is 5.56 Å². The standard InChI is InChI=1S/C10H14N4O3/c1-6(15)4-14-9(16)7-8(11-5-12(7)2)13(3)10(14)17/h5-6,15H,4H2,1-3H3/t6-/m0/s1.